The molecule has 232 valence electrons. The number of Topliss-reactive ketones (excluding diaryl/α,β-unsaturated/α-hetero) is 2. The van der Waals surface area contributed by atoms with Crippen molar-refractivity contribution >= 4 is 23.3 Å². The number of hydrogen-bond donors (Lipinski definition) is 0. The first-order chi connectivity index (χ1) is 20.2. The van der Waals surface area contributed by atoms with Gasteiger partial charge in [0.1, 0.15) is 5.78 Å². The molecule has 1 fully saturated rings. The predicted octanol–water partition coefficient (Wildman–Crippen LogP) is 11.2. The monoisotopic (exact) mass is 598 g/mol. The Kier molecular flexibility index (Phi) is 14.2. The topological polar surface area (TPSA) is 34.1 Å². The third-order valence-corrected chi connectivity index (χ3v) is 9.62. The van der Waals surface area contributed by atoms with E-state index in [1.165, 1.54) is 16.1 Å². The third-order valence-electron chi connectivity index (χ3n) is 8.88. The number of rotatable bonds is 11. The van der Waals surface area contributed by atoms with Gasteiger partial charge in [0, 0.05) is 23.7 Å². The quantitative estimate of drug-likeness (QED) is 0.222. The minimum Gasteiger partial charge on any atom is -0.299 e. The van der Waals surface area contributed by atoms with Gasteiger partial charge in [-0.2, -0.15) is 0 Å². The summed E-state index contributed by atoms with van der Waals surface area (Å²) in [6, 6.07) is 0. The van der Waals surface area contributed by atoms with Crippen molar-refractivity contribution in [1.82, 2.24) is 0 Å². The molecule has 2 unspecified atom stereocenters. The van der Waals surface area contributed by atoms with E-state index in [1.807, 2.05) is 6.92 Å². The van der Waals surface area contributed by atoms with E-state index in [0.717, 1.165) is 29.6 Å². The van der Waals surface area contributed by atoms with Crippen LogP contribution in [0.5, 0.6) is 0 Å². The second-order valence-corrected chi connectivity index (χ2v) is 14.3. The smallest absolute Gasteiger partial charge is 0.158 e. The van der Waals surface area contributed by atoms with E-state index < -0.39 is 0 Å². The first-order valence-corrected chi connectivity index (χ1v) is 16.8. The Hall–Kier alpha value is -2.91. The van der Waals surface area contributed by atoms with E-state index in [0.29, 0.717) is 18.6 Å². The van der Waals surface area contributed by atoms with Crippen molar-refractivity contribution in [2.45, 2.75) is 88.0 Å². The van der Waals surface area contributed by atoms with Crippen LogP contribution in [0.15, 0.2) is 118 Å². The number of thioether (sulfide) groups is 1. The maximum Gasteiger partial charge on any atom is 0.158 e. The summed E-state index contributed by atoms with van der Waals surface area (Å²) >= 11 is 1.71. The first kappa shape index (κ1) is 36.3. The summed E-state index contributed by atoms with van der Waals surface area (Å²) in [6.07, 6.45) is 34.9. The van der Waals surface area contributed by atoms with Crippen LogP contribution in [0, 0.1) is 22.7 Å². The maximum atomic E-state index is 12.2. The van der Waals surface area contributed by atoms with Crippen molar-refractivity contribution in [2.24, 2.45) is 22.7 Å². The minimum absolute atomic E-state index is 0.0373. The van der Waals surface area contributed by atoms with Gasteiger partial charge in [0.15, 0.2) is 5.78 Å². The van der Waals surface area contributed by atoms with E-state index in [4.69, 9.17) is 0 Å². The summed E-state index contributed by atoms with van der Waals surface area (Å²) in [5.74, 6) is 1.04. The van der Waals surface area contributed by atoms with Gasteiger partial charge in [-0.15, -0.1) is 11.8 Å². The molecule has 2 aliphatic carbocycles. The highest BCUT2D eigenvalue weighted by molar-refractivity contribution is 8.02. The predicted molar refractivity (Wildman–Crippen MR) is 190 cm³/mol. The van der Waals surface area contributed by atoms with Crippen LogP contribution in [0.3, 0.4) is 0 Å². The molecule has 0 aromatic rings. The van der Waals surface area contributed by atoms with Crippen molar-refractivity contribution in [2.75, 3.05) is 6.26 Å². The minimum atomic E-state index is 0.0373. The fourth-order valence-electron chi connectivity index (χ4n) is 5.73. The molecule has 0 bridgehead atoms. The lowest BCUT2D eigenvalue weighted by Gasteiger charge is -2.40. The summed E-state index contributed by atoms with van der Waals surface area (Å²) in [6.45, 7) is 19.3. The van der Waals surface area contributed by atoms with Gasteiger partial charge >= 0.3 is 0 Å². The summed E-state index contributed by atoms with van der Waals surface area (Å²) < 4.78 is 0. The number of allylic oxidation sites excluding steroid dienone is 19. The Morgan fingerprint density at radius 1 is 0.767 bits per heavy atom. The summed E-state index contributed by atoms with van der Waals surface area (Å²) in [4.78, 5) is 25.6. The highest BCUT2D eigenvalue weighted by atomic mass is 32.2. The van der Waals surface area contributed by atoms with Gasteiger partial charge in [-0.05, 0) is 86.8 Å². The van der Waals surface area contributed by atoms with Crippen molar-refractivity contribution in [3.63, 3.8) is 0 Å². The zero-order valence-electron chi connectivity index (χ0n) is 28.3. The molecule has 2 rings (SSSR count). The van der Waals surface area contributed by atoms with Crippen LogP contribution < -0.4 is 0 Å². The lowest BCUT2D eigenvalue weighted by Crippen LogP contribution is -2.37. The second-order valence-electron chi connectivity index (χ2n) is 13.4. The Labute approximate surface area is 267 Å². The highest BCUT2D eigenvalue weighted by Gasteiger charge is 2.39. The summed E-state index contributed by atoms with van der Waals surface area (Å²) in [7, 11) is 0. The van der Waals surface area contributed by atoms with Gasteiger partial charge in [-0.3, -0.25) is 9.59 Å². The zero-order chi connectivity index (χ0) is 32.2. The van der Waals surface area contributed by atoms with Crippen LogP contribution in [0.2, 0.25) is 0 Å². The molecule has 1 saturated carbocycles. The van der Waals surface area contributed by atoms with Gasteiger partial charge in [-0.25, -0.2) is 0 Å². The molecule has 3 heteroatoms. The Morgan fingerprint density at radius 3 is 2.02 bits per heavy atom. The normalized spacial score (nSPS) is 24.7. The average Bonchev–Trinajstić information content (AvgIpc) is 2.94. The largest absolute Gasteiger partial charge is 0.299 e. The van der Waals surface area contributed by atoms with Crippen molar-refractivity contribution in [3.05, 3.63) is 118 Å². The summed E-state index contributed by atoms with van der Waals surface area (Å²) in [5.41, 5.74) is 5.76. The molecule has 0 aromatic heterocycles. The molecule has 0 aromatic carbocycles. The number of carbonyl (C=O) groups is 2. The Bertz CT molecular complexity index is 1330. The molecule has 2 aliphatic rings. The van der Waals surface area contributed by atoms with Gasteiger partial charge < -0.3 is 0 Å². The van der Waals surface area contributed by atoms with Crippen LogP contribution in [0.1, 0.15) is 88.0 Å². The van der Waals surface area contributed by atoms with E-state index >= 15 is 0 Å². The standard InChI is InChI=1S/C40H54O2S/c1-29(16-13-17-30(2)21-23-35-32(4)37(41)25-27-39(35,6)7)15-11-12-19-34(43-10)20-14-18-31(3)22-24-36-33(5)38(42)26-28-40(36,8)9/h11-24,32,35H,25-28H2,1-10H3/b12-11+,16-13+,20-14+,23-21+,24-22+,29-15+,30-17+,31-18+,34-19-. The van der Waals surface area contributed by atoms with Gasteiger partial charge in [-0.1, -0.05) is 124 Å². The summed E-state index contributed by atoms with van der Waals surface area (Å²) in [5, 5.41) is 0. The van der Waals surface area contributed by atoms with Crippen LogP contribution in [0.25, 0.3) is 0 Å². The zero-order valence-corrected chi connectivity index (χ0v) is 29.1. The molecule has 0 radical (unpaired) electrons. The fraction of sp³-hybridized carbons (Fsp3) is 0.450. The van der Waals surface area contributed by atoms with Gasteiger partial charge in [0.2, 0.25) is 0 Å². The maximum absolute atomic E-state index is 12.2. The van der Waals surface area contributed by atoms with Crippen LogP contribution >= 0.6 is 11.8 Å². The highest BCUT2D eigenvalue weighted by Crippen LogP contribution is 2.43. The number of hydrogen-bond acceptors (Lipinski definition) is 3. The Balaban J connectivity index is 1.95. The second kappa shape index (κ2) is 16.8. The van der Waals surface area contributed by atoms with Crippen LogP contribution in [-0.2, 0) is 9.59 Å². The van der Waals surface area contributed by atoms with Gasteiger partial charge in [0.25, 0.3) is 0 Å². The number of carbonyl (C=O) groups excluding carboxylic acids is 2. The van der Waals surface area contributed by atoms with E-state index in [-0.39, 0.29) is 28.4 Å². The lowest BCUT2D eigenvalue weighted by atomic mass is 9.63. The van der Waals surface area contributed by atoms with Crippen LogP contribution in [-0.4, -0.2) is 17.8 Å². The molecule has 0 aliphatic heterocycles. The molecule has 0 saturated heterocycles. The molecule has 0 N–H and O–H groups in total. The van der Waals surface area contributed by atoms with E-state index in [9.17, 15) is 9.59 Å². The average molecular weight is 599 g/mol. The molecular weight excluding hydrogens is 545 g/mol. The first-order valence-electron chi connectivity index (χ1n) is 15.6. The molecule has 0 heterocycles. The van der Waals surface area contributed by atoms with Crippen molar-refractivity contribution < 1.29 is 9.59 Å². The van der Waals surface area contributed by atoms with E-state index in [2.05, 4.69) is 147 Å². The van der Waals surface area contributed by atoms with E-state index in [1.54, 1.807) is 11.8 Å². The van der Waals surface area contributed by atoms with Crippen molar-refractivity contribution in [3.8, 4) is 0 Å². The van der Waals surface area contributed by atoms with Crippen molar-refractivity contribution in [1.29, 1.82) is 0 Å². The molecule has 0 spiro atoms. The van der Waals surface area contributed by atoms with Gasteiger partial charge in [0.05, 0.1) is 0 Å². The third kappa shape index (κ3) is 11.6. The number of ketones is 2. The molecule has 43 heavy (non-hydrogen) atoms. The SMILES string of the molecule is CSC(=C\C=C\C=C(C)\C=C\C=C(C)\C=C\C1C(C)C(=O)CCC1(C)C)/C=C/C=C(C)/C=C/C1=C(C)C(=O)CCC1(C)C. The molecule has 2 nitrogen and oxygen atoms in total. The van der Waals surface area contributed by atoms with Crippen LogP contribution in [0.4, 0.5) is 0 Å². The fourth-order valence-corrected chi connectivity index (χ4v) is 6.16. The molecule has 0 amide bonds. The lowest BCUT2D eigenvalue weighted by molar-refractivity contribution is -0.128. The molecular formula is C40H54O2S. The molecule has 2 atom stereocenters. The Morgan fingerprint density at radius 2 is 1.35 bits per heavy atom.